The molecule has 1 N–H and O–H groups in total. The molecule has 4 aromatic rings. The van der Waals surface area contributed by atoms with Gasteiger partial charge in [-0.25, -0.2) is 4.98 Å². The van der Waals surface area contributed by atoms with Crippen molar-refractivity contribution < 1.29 is 41.9 Å². The minimum Gasteiger partial charge on any atom is -0.378 e. The summed E-state index contributed by atoms with van der Waals surface area (Å²) in [7, 11) is -0.448. The Morgan fingerprint density at radius 2 is 1.75 bits per heavy atom. The molecule has 32 heavy (non-hydrogen) atoms. The van der Waals surface area contributed by atoms with Crippen molar-refractivity contribution >= 4 is 26.7 Å². The SMILES string of the molecule is CN(C)c1ccnc(-c2[c-]cc(F)cc2F)c1.O=S(=O)(O)c1ccc2ccccc2n1.[Ir]. The number of fused-ring (bicyclic) bond motifs is 1. The summed E-state index contributed by atoms with van der Waals surface area (Å²) in [6, 6.07) is 18.0. The number of pyridine rings is 2. The normalized spacial score (nSPS) is 10.7. The molecule has 0 aliphatic heterocycles. The number of hydrogen-bond donors (Lipinski definition) is 1. The van der Waals surface area contributed by atoms with E-state index in [9.17, 15) is 17.2 Å². The van der Waals surface area contributed by atoms with Gasteiger partial charge in [0.2, 0.25) is 0 Å². The topological polar surface area (TPSA) is 83.4 Å². The second-order valence-electron chi connectivity index (χ2n) is 6.65. The molecule has 10 heteroatoms. The van der Waals surface area contributed by atoms with Gasteiger partial charge in [0, 0.05) is 63.1 Å². The van der Waals surface area contributed by atoms with Crippen LogP contribution in [0.15, 0.2) is 71.9 Å². The average molecular weight is 635 g/mol. The third kappa shape index (κ3) is 6.37. The van der Waals surface area contributed by atoms with Gasteiger partial charge < -0.3 is 9.88 Å². The number of benzene rings is 2. The molecule has 0 atom stereocenters. The van der Waals surface area contributed by atoms with Crippen LogP contribution in [0, 0.1) is 17.7 Å². The molecule has 0 unspecified atom stereocenters. The summed E-state index contributed by atoms with van der Waals surface area (Å²) in [6.45, 7) is 0. The summed E-state index contributed by atoms with van der Waals surface area (Å²) in [4.78, 5) is 9.75. The van der Waals surface area contributed by atoms with E-state index in [1.807, 2.05) is 37.2 Å². The number of para-hydroxylation sites is 1. The number of nitrogens with zero attached hydrogens (tertiary/aromatic N) is 3. The smallest absolute Gasteiger partial charge is 0.312 e. The van der Waals surface area contributed by atoms with Gasteiger partial charge in [-0.2, -0.15) is 8.42 Å². The van der Waals surface area contributed by atoms with Crippen LogP contribution >= 0.6 is 0 Å². The summed E-state index contributed by atoms with van der Waals surface area (Å²) < 4.78 is 56.6. The monoisotopic (exact) mass is 635 g/mol. The van der Waals surface area contributed by atoms with Crippen LogP contribution in [0.1, 0.15) is 0 Å². The van der Waals surface area contributed by atoms with Crippen molar-refractivity contribution in [3.8, 4) is 11.3 Å². The Morgan fingerprint density at radius 3 is 2.41 bits per heavy atom. The van der Waals surface area contributed by atoms with Gasteiger partial charge in [-0.3, -0.25) is 13.3 Å². The van der Waals surface area contributed by atoms with Crippen LogP contribution in [0.5, 0.6) is 0 Å². The standard InChI is InChI=1S/C13H11F2N2.C9H7NO3S.Ir/c1-17(2)10-5-6-16-13(8-10)11-4-3-9(14)7-12(11)15;11-14(12,13)9-6-5-7-3-1-2-4-8(7)10-9;/h3,5-8H,1-2H3;1-6H,(H,11,12,13);/q-1;;. The van der Waals surface area contributed by atoms with E-state index in [2.05, 4.69) is 16.0 Å². The first-order valence-corrected chi connectivity index (χ1v) is 10.4. The van der Waals surface area contributed by atoms with Crippen LogP contribution in [0.4, 0.5) is 14.5 Å². The van der Waals surface area contributed by atoms with Gasteiger partial charge in [-0.05, 0) is 30.0 Å². The fourth-order valence-corrected chi connectivity index (χ4v) is 3.12. The van der Waals surface area contributed by atoms with Crippen LogP contribution < -0.4 is 4.90 Å². The van der Waals surface area contributed by atoms with Crippen molar-refractivity contribution in [2.45, 2.75) is 5.03 Å². The maximum absolute atomic E-state index is 13.5. The Hall–Kier alpha value is -2.78. The fraction of sp³-hybridized carbons (Fsp3) is 0.0909. The minimum absolute atomic E-state index is 0. The summed E-state index contributed by atoms with van der Waals surface area (Å²) in [5.74, 6) is -1.30. The molecule has 6 nitrogen and oxygen atoms in total. The Bertz CT molecular complexity index is 1340. The number of halogens is 2. The quantitative estimate of drug-likeness (QED) is 0.266. The second kappa shape index (κ2) is 10.7. The number of anilines is 1. The second-order valence-corrected chi connectivity index (χ2v) is 8.02. The van der Waals surface area contributed by atoms with Gasteiger partial charge in [-0.1, -0.05) is 35.9 Å². The zero-order chi connectivity index (χ0) is 22.6. The Labute approximate surface area is 198 Å². The van der Waals surface area contributed by atoms with Crippen LogP contribution in [0.25, 0.3) is 22.2 Å². The molecule has 169 valence electrons. The first-order valence-electron chi connectivity index (χ1n) is 8.99. The Kier molecular flexibility index (Phi) is 8.51. The Balaban J connectivity index is 0.000000224. The molecule has 0 saturated heterocycles. The van der Waals surface area contributed by atoms with Crippen LogP contribution in [0.3, 0.4) is 0 Å². The van der Waals surface area contributed by atoms with E-state index in [4.69, 9.17) is 4.55 Å². The average Bonchev–Trinajstić information content (AvgIpc) is 2.73. The van der Waals surface area contributed by atoms with Gasteiger partial charge in [0.05, 0.1) is 5.52 Å². The van der Waals surface area contributed by atoms with Gasteiger partial charge >= 0.3 is 10.1 Å². The molecule has 1 radical (unpaired) electrons. The van der Waals surface area contributed by atoms with E-state index in [1.165, 1.54) is 6.07 Å². The summed E-state index contributed by atoms with van der Waals surface area (Å²) in [5.41, 5.74) is 2.05. The molecule has 2 heterocycles. The van der Waals surface area contributed by atoms with Crippen LogP contribution in [-0.4, -0.2) is 37.0 Å². The van der Waals surface area contributed by atoms with Gasteiger partial charge in [0.1, 0.15) is 0 Å². The van der Waals surface area contributed by atoms with Crippen molar-refractivity contribution in [3.63, 3.8) is 0 Å². The molecular weight excluding hydrogens is 617 g/mol. The van der Waals surface area contributed by atoms with E-state index in [0.717, 1.165) is 23.2 Å². The Morgan fingerprint density at radius 1 is 1.03 bits per heavy atom. The van der Waals surface area contributed by atoms with E-state index >= 15 is 0 Å². The van der Waals surface area contributed by atoms with Gasteiger partial charge in [0.25, 0.3) is 0 Å². The zero-order valence-corrected chi connectivity index (χ0v) is 20.2. The molecule has 0 fully saturated rings. The summed E-state index contributed by atoms with van der Waals surface area (Å²) >= 11 is 0. The summed E-state index contributed by atoms with van der Waals surface area (Å²) in [6.07, 6.45) is 1.58. The van der Waals surface area contributed by atoms with Crippen LogP contribution in [0.2, 0.25) is 0 Å². The molecule has 2 aromatic heterocycles. The van der Waals surface area contributed by atoms with E-state index < -0.39 is 21.8 Å². The zero-order valence-electron chi connectivity index (χ0n) is 17.0. The minimum atomic E-state index is -4.21. The number of aromatic nitrogens is 2. The fourth-order valence-electron chi connectivity index (χ4n) is 2.67. The molecule has 0 saturated carbocycles. The predicted octanol–water partition coefficient (Wildman–Crippen LogP) is 4.37. The molecule has 0 spiro atoms. The third-order valence-corrected chi connectivity index (χ3v) is 4.97. The molecule has 2 aromatic carbocycles. The largest absolute Gasteiger partial charge is 0.378 e. The molecule has 4 rings (SSSR count). The van der Waals surface area contributed by atoms with E-state index in [-0.39, 0.29) is 30.7 Å². The van der Waals surface area contributed by atoms with Crippen molar-refractivity contribution in [1.29, 1.82) is 0 Å². The molecule has 0 aliphatic rings. The van der Waals surface area contributed by atoms with Gasteiger partial charge in [-0.15, -0.1) is 12.1 Å². The summed E-state index contributed by atoms with van der Waals surface area (Å²) in [5, 5.41) is 0.510. The molecule has 0 aliphatic carbocycles. The third-order valence-electron chi connectivity index (χ3n) is 4.21. The molecular formula is C22H18F2IrN3O3S-. The molecule has 0 bridgehead atoms. The maximum atomic E-state index is 13.5. The number of hydrogen-bond acceptors (Lipinski definition) is 5. The van der Waals surface area contributed by atoms with Crippen molar-refractivity contribution in [3.05, 3.63) is 84.6 Å². The first kappa shape index (κ1) is 25.5. The van der Waals surface area contributed by atoms with Crippen molar-refractivity contribution in [1.82, 2.24) is 9.97 Å². The van der Waals surface area contributed by atoms with E-state index in [1.54, 1.807) is 30.5 Å². The molecule has 0 amide bonds. The maximum Gasteiger partial charge on any atom is 0.312 e. The first-order chi connectivity index (χ1) is 14.6. The predicted molar refractivity (Wildman–Crippen MR) is 114 cm³/mol. The number of rotatable bonds is 3. The van der Waals surface area contributed by atoms with Crippen molar-refractivity contribution in [2.24, 2.45) is 0 Å². The van der Waals surface area contributed by atoms with Crippen LogP contribution in [-0.2, 0) is 30.2 Å². The van der Waals surface area contributed by atoms with Crippen molar-refractivity contribution in [2.75, 3.05) is 19.0 Å². The van der Waals surface area contributed by atoms with Gasteiger partial charge in [0.15, 0.2) is 5.03 Å². The van der Waals surface area contributed by atoms with E-state index in [0.29, 0.717) is 11.2 Å².